The molecule has 2 aliphatic rings. The molecule has 2 atom stereocenters. The molecule has 1 radical (unpaired) electrons. The zero-order valence-electron chi connectivity index (χ0n) is 7.60. The van der Waals surface area contributed by atoms with Crippen LogP contribution in [0.15, 0.2) is 0 Å². The number of nitrogens with one attached hydrogen (secondary N) is 1. The Morgan fingerprint density at radius 3 is 2.36 bits per heavy atom. The quantitative estimate of drug-likeness (QED) is 0.509. The molecule has 2 unspecified atom stereocenters. The normalized spacial score (nSPS) is 37.1. The Morgan fingerprint density at radius 1 is 0.909 bits per heavy atom. The summed E-state index contributed by atoms with van der Waals surface area (Å²) in [5.41, 5.74) is 0. The Labute approximate surface area is 81.5 Å². The van der Waals surface area contributed by atoms with Crippen molar-refractivity contribution < 1.29 is 0 Å². The molecule has 2 rings (SSSR count). The van der Waals surface area contributed by atoms with Crippen LogP contribution in [0.1, 0.15) is 32.1 Å². The maximum absolute atomic E-state index is 3.48. The first kappa shape index (κ1) is 9.64. The number of rotatable bonds is 0. The van der Waals surface area contributed by atoms with Gasteiger partial charge in [-0.1, -0.05) is 19.3 Å². The fourth-order valence-electron chi connectivity index (χ4n) is 2.51. The predicted molar refractivity (Wildman–Crippen MR) is 48.7 cm³/mol. The molecule has 0 aromatic heterocycles. The molecule has 1 saturated carbocycles. The van der Waals surface area contributed by atoms with Crippen LogP contribution in [-0.4, -0.2) is 32.0 Å². The van der Waals surface area contributed by atoms with Gasteiger partial charge in [-0.2, -0.15) is 0 Å². The van der Waals surface area contributed by atoms with Crippen LogP contribution in [0.5, 0.6) is 0 Å². The fourth-order valence-corrected chi connectivity index (χ4v) is 2.51. The summed E-state index contributed by atoms with van der Waals surface area (Å²) in [6, 6.07) is 0. The Hall–Kier alpha value is 0.557. The van der Waals surface area contributed by atoms with E-state index >= 15 is 0 Å². The minimum absolute atomic E-state index is 0. The topological polar surface area (TPSA) is 12.0 Å². The Balaban J connectivity index is 0.000000605. The van der Waals surface area contributed by atoms with Gasteiger partial charge in [0, 0.05) is 18.9 Å². The van der Waals surface area contributed by atoms with Gasteiger partial charge in [0.1, 0.15) is 0 Å². The molecular formula is C9H17LiN. The third kappa shape index (κ3) is 2.24. The van der Waals surface area contributed by atoms with Crippen molar-refractivity contribution in [3.05, 3.63) is 0 Å². The first-order valence-electron chi connectivity index (χ1n) is 4.67. The van der Waals surface area contributed by atoms with Crippen molar-refractivity contribution in [1.82, 2.24) is 5.32 Å². The molecule has 0 spiro atoms. The van der Waals surface area contributed by atoms with E-state index in [2.05, 4.69) is 5.32 Å². The Morgan fingerprint density at radius 2 is 1.64 bits per heavy atom. The minimum Gasteiger partial charge on any atom is -0.316 e. The summed E-state index contributed by atoms with van der Waals surface area (Å²) in [6.07, 6.45) is 7.46. The molecule has 2 heteroatoms. The van der Waals surface area contributed by atoms with E-state index in [1.165, 1.54) is 45.2 Å². The predicted octanol–water partition coefficient (Wildman–Crippen LogP) is 1.41. The molecule has 11 heavy (non-hydrogen) atoms. The molecule has 2 fully saturated rings. The number of piperidine rings is 1. The van der Waals surface area contributed by atoms with E-state index in [9.17, 15) is 0 Å². The summed E-state index contributed by atoms with van der Waals surface area (Å²) in [7, 11) is 0. The summed E-state index contributed by atoms with van der Waals surface area (Å²) in [5, 5.41) is 3.48. The van der Waals surface area contributed by atoms with E-state index in [-0.39, 0.29) is 18.9 Å². The van der Waals surface area contributed by atoms with Crippen LogP contribution in [0.2, 0.25) is 0 Å². The molecule has 1 aliphatic carbocycles. The number of hydrogen-bond donors (Lipinski definition) is 1. The van der Waals surface area contributed by atoms with Crippen LogP contribution in [-0.2, 0) is 0 Å². The summed E-state index contributed by atoms with van der Waals surface area (Å²) < 4.78 is 0. The second-order valence-electron chi connectivity index (χ2n) is 3.80. The minimum atomic E-state index is 0. The van der Waals surface area contributed by atoms with E-state index in [1.807, 2.05) is 0 Å². The van der Waals surface area contributed by atoms with Gasteiger partial charge in [-0.15, -0.1) is 0 Å². The zero-order valence-corrected chi connectivity index (χ0v) is 7.60. The molecule has 0 bridgehead atoms. The van der Waals surface area contributed by atoms with Gasteiger partial charge in [0.25, 0.3) is 0 Å². The van der Waals surface area contributed by atoms with Gasteiger partial charge in [0.05, 0.1) is 0 Å². The van der Waals surface area contributed by atoms with Crippen molar-refractivity contribution in [3.8, 4) is 0 Å². The van der Waals surface area contributed by atoms with E-state index in [4.69, 9.17) is 0 Å². The maximum Gasteiger partial charge on any atom is 0 e. The fraction of sp³-hybridized carbons (Fsp3) is 1.00. The van der Waals surface area contributed by atoms with E-state index in [0.717, 1.165) is 11.8 Å². The first-order valence-corrected chi connectivity index (χ1v) is 4.67. The van der Waals surface area contributed by atoms with Crippen LogP contribution < -0.4 is 5.32 Å². The number of hydrogen-bond acceptors (Lipinski definition) is 1. The van der Waals surface area contributed by atoms with Crippen LogP contribution in [0.25, 0.3) is 0 Å². The molecule has 1 N–H and O–H groups in total. The van der Waals surface area contributed by atoms with Gasteiger partial charge >= 0.3 is 0 Å². The Bertz CT molecular complexity index is 90.1. The standard InChI is InChI=1S/C9H17N.Li/c1-2-4-9-7-10-6-5-8(9)3-1;/h8-10H,1-7H2;. The largest absolute Gasteiger partial charge is 0.316 e. The van der Waals surface area contributed by atoms with Gasteiger partial charge < -0.3 is 5.32 Å². The van der Waals surface area contributed by atoms with Crippen molar-refractivity contribution in [3.63, 3.8) is 0 Å². The van der Waals surface area contributed by atoms with Crippen LogP contribution in [0.4, 0.5) is 0 Å². The summed E-state index contributed by atoms with van der Waals surface area (Å²) >= 11 is 0. The third-order valence-electron chi connectivity index (χ3n) is 3.16. The molecule has 0 aromatic carbocycles. The van der Waals surface area contributed by atoms with Crippen LogP contribution in [0, 0.1) is 11.8 Å². The molecule has 59 valence electrons. The molecular weight excluding hydrogens is 129 g/mol. The van der Waals surface area contributed by atoms with Crippen LogP contribution >= 0.6 is 0 Å². The van der Waals surface area contributed by atoms with Crippen molar-refractivity contribution in [1.29, 1.82) is 0 Å². The monoisotopic (exact) mass is 146 g/mol. The van der Waals surface area contributed by atoms with E-state index in [0.29, 0.717) is 0 Å². The van der Waals surface area contributed by atoms with Crippen molar-refractivity contribution in [2.24, 2.45) is 11.8 Å². The van der Waals surface area contributed by atoms with Gasteiger partial charge in [0.15, 0.2) is 0 Å². The van der Waals surface area contributed by atoms with Gasteiger partial charge in [-0.25, -0.2) is 0 Å². The van der Waals surface area contributed by atoms with Gasteiger partial charge in [0.2, 0.25) is 0 Å². The van der Waals surface area contributed by atoms with E-state index in [1.54, 1.807) is 0 Å². The molecule has 1 aliphatic heterocycles. The SMILES string of the molecule is C1CCC2CNCCC2C1.[Li]. The molecule has 0 aromatic rings. The van der Waals surface area contributed by atoms with E-state index < -0.39 is 0 Å². The average Bonchev–Trinajstić information content (AvgIpc) is 2.05. The van der Waals surface area contributed by atoms with Gasteiger partial charge in [-0.05, 0) is 37.8 Å². The number of fused-ring (bicyclic) bond motifs is 1. The molecule has 0 amide bonds. The first-order chi connectivity index (χ1) is 4.97. The summed E-state index contributed by atoms with van der Waals surface area (Å²) in [5.74, 6) is 2.14. The molecule has 1 nitrogen and oxygen atoms in total. The van der Waals surface area contributed by atoms with Crippen molar-refractivity contribution in [2.75, 3.05) is 13.1 Å². The smallest absolute Gasteiger partial charge is 0 e. The third-order valence-corrected chi connectivity index (χ3v) is 3.16. The summed E-state index contributed by atoms with van der Waals surface area (Å²) in [4.78, 5) is 0. The zero-order chi connectivity index (χ0) is 6.81. The second-order valence-corrected chi connectivity index (χ2v) is 3.80. The Kier molecular flexibility index (Phi) is 3.99. The van der Waals surface area contributed by atoms with Crippen LogP contribution in [0.3, 0.4) is 0 Å². The average molecular weight is 146 g/mol. The van der Waals surface area contributed by atoms with Crippen molar-refractivity contribution in [2.45, 2.75) is 32.1 Å². The van der Waals surface area contributed by atoms with Crippen molar-refractivity contribution >= 4 is 18.9 Å². The second kappa shape index (κ2) is 4.55. The molecule has 1 heterocycles. The summed E-state index contributed by atoms with van der Waals surface area (Å²) in [6.45, 7) is 2.59. The van der Waals surface area contributed by atoms with Gasteiger partial charge in [-0.3, -0.25) is 0 Å². The maximum atomic E-state index is 3.48. The molecule has 1 saturated heterocycles.